The van der Waals surface area contributed by atoms with Crippen molar-refractivity contribution in [3.63, 3.8) is 0 Å². The van der Waals surface area contributed by atoms with Crippen LogP contribution >= 0.6 is 0 Å². The van der Waals surface area contributed by atoms with Gasteiger partial charge in [0.1, 0.15) is 5.75 Å². The highest BCUT2D eigenvalue weighted by atomic mass is 16.5. The van der Waals surface area contributed by atoms with Crippen molar-refractivity contribution in [1.82, 2.24) is 10.2 Å². The third-order valence-corrected chi connectivity index (χ3v) is 4.06. The first-order valence-corrected chi connectivity index (χ1v) is 7.35. The Morgan fingerprint density at radius 3 is 2.89 bits per heavy atom. The zero-order chi connectivity index (χ0) is 13.7. The molecule has 2 unspecified atom stereocenters. The molecule has 3 heteroatoms. The van der Waals surface area contributed by atoms with Gasteiger partial charge in [0.05, 0.1) is 6.61 Å². The van der Waals surface area contributed by atoms with E-state index >= 15 is 0 Å². The second-order valence-electron chi connectivity index (χ2n) is 5.47. The van der Waals surface area contributed by atoms with Gasteiger partial charge in [0.2, 0.25) is 0 Å². The predicted molar refractivity (Wildman–Crippen MR) is 79.6 cm³/mol. The van der Waals surface area contributed by atoms with Gasteiger partial charge < -0.3 is 15.0 Å². The Morgan fingerprint density at radius 1 is 1.37 bits per heavy atom. The van der Waals surface area contributed by atoms with E-state index in [4.69, 9.17) is 4.74 Å². The largest absolute Gasteiger partial charge is 0.494 e. The lowest BCUT2D eigenvalue weighted by atomic mass is 9.98. The summed E-state index contributed by atoms with van der Waals surface area (Å²) in [5.41, 5.74) is 1.26. The predicted octanol–water partition coefficient (Wildman–Crippen LogP) is 2.66. The highest BCUT2D eigenvalue weighted by Gasteiger charge is 2.22. The maximum Gasteiger partial charge on any atom is 0.123 e. The van der Waals surface area contributed by atoms with E-state index in [1.165, 1.54) is 24.9 Å². The van der Waals surface area contributed by atoms with Crippen molar-refractivity contribution in [1.29, 1.82) is 0 Å². The van der Waals surface area contributed by atoms with E-state index in [-0.39, 0.29) is 0 Å². The molecule has 1 aromatic carbocycles. The Balaban J connectivity index is 1.88. The van der Waals surface area contributed by atoms with Gasteiger partial charge in [-0.1, -0.05) is 18.2 Å². The average Bonchev–Trinajstić information content (AvgIpc) is 2.42. The minimum absolute atomic E-state index is 0.626. The van der Waals surface area contributed by atoms with Crippen LogP contribution in [0.2, 0.25) is 0 Å². The van der Waals surface area contributed by atoms with Crippen LogP contribution in [0.15, 0.2) is 24.3 Å². The molecular formula is C16H26N2O. The Hall–Kier alpha value is -1.06. The Kier molecular flexibility index (Phi) is 5.23. The van der Waals surface area contributed by atoms with Gasteiger partial charge in [0.25, 0.3) is 0 Å². The van der Waals surface area contributed by atoms with Crippen LogP contribution in [0.1, 0.15) is 32.3 Å². The third kappa shape index (κ3) is 3.95. The SMILES string of the molecule is CCOc1ccccc1CNC1CCN(C)C(C)C1. The van der Waals surface area contributed by atoms with Crippen LogP contribution in [0.25, 0.3) is 0 Å². The fourth-order valence-electron chi connectivity index (χ4n) is 2.68. The molecule has 1 saturated heterocycles. The Morgan fingerprint density at radius 2 is 2.16 bits per heavy atom. The van der Waals surface area contributed by atoms with Gasteiger partial charge in [-0.2, -0.15) is 0 Å². The number of ether oxygens (including phenoxy) is 1. The van der Waals surface area contributed by atoms with Crippen molar-refractivity contribution >= 4 is 0 Å². The summed E-state index contributed by atoms with van der Waals surface area (Å²) in [5, 5.41) is 3.68. The number of nitrogens with zero attached hydrogens (tertiary/aromatic N) is 1. The molecule has 1 aliphatic heterocycles. The summed E-state index contributed by atoms with van der Waals surface area (Å²) in [6, 6.07) is 9.62. The lowest BCUT2D eigenvalue weighted by Gasteiger charge is -2.35. The second-order valence-corrected chi connectivity index (χ2v) is 5.47. The van der Waals surface area contributed by atoms with E-state index < -0.39 is 0 Å². The molecule has 0 saturated carbocycles. The van der Waals surface area contributed by atoms with E-state index in [2.05, 4.69) is 42.4 Å². The molecule has 0 aromatic heterocycles. The third-order valence-electron chi connectivity index (χ3n) is 4.06. The highest BCUT2D eigenvalue weighted by Crippen LogP contribution is 2.20. The molecule has 0 spiro atoms. The molecular weight excluding hydrogens is 236 g/mol. The van der Waals surface area contributed by atoms with Crippen LogP contribution in [0.5, 0.6) is 5.75 Å². The normalized spacial score (nSPS) is 24.4. The minimum atomic E-state index is 0.626. The van der Waals surface area contributed by atoms with Gasteiger partial charge in [-0.25, -0.2) is 0 Å². The maximum absolute atomic E-state index is 5.67. The van der Waals surface area contributed by atoms with Gasteiger partial charge in [0, 0.05) is 24.2 Å². The zero-order valence-corrected chi connectivity index (χ0v) is 12.4. The van der Waals surface area contributed by atoms with Crippen LogP contribution in [-0.2, 0) is 6.54 Å². The van der Waals surface area contributed by atoms with E-state index in [0.717, 1.165) is 18.9 Å². The van der Waals surface area contributed by atoms with Gasteiger partial charge >= 0.3 is 0 Å². The average molecular weight is 262 g/mol. The number of hydrogen-bond acceptors (Lipinski definition) is 3. The van der Waals surface area contributed by atoms with Crippen molar-refractivity contribution < 1.29 is 4.74 Å². The number of piperidine rings is 1. The summed E-state index contributed by atoms with van der Waals surface area (Å²) in [6.45, 7) is 7.15. The molecule has 19 heavy (non-hydrogen) atoms. The number of hydrogen-bond donors (Lipinski definition) is 1. The van der Waals surface area contributed by atoms with Gasteiger partial charge in [-0.15, -0.1) is 0 Å². The smallest absolute Gasteiger partial charge is 0.123 e. The first-order chi connectivity index (χ1) is 9.20. The van der Waals surface area contributed by atoms with Gasteiger partial charge in [-0.3, -0.25) is 0 Å². The maximum atomic E-state index is 5.67. The molecule has 3 nitrogen and oxygen atoms in total. The summed E-state index contributed by atoms with van der Waals surface area (Å²) in [5.74, 6) is 1.01. The molecule has 0 radical (unpaired) electrons. The molecule has 106 valence electrons. The molecule has 1 aromatic rings. The molecule has 2 atom stereocenters. The molecule has 1 N–H and O–H groups in total. The van der Waals surface area contributed by atoms with E-state index in [9.17, 15) is 0 Å². The van der Waals surface area contributed by atoms with E-state index in [0.29, 0.717) is 12.1 Å². The van der Waals surface area contributed by atoms with E-state index in [1.807, 2.05) is 13.0 Å². The first kappa shape index (κ1) is 14.4. The molecule has 1 aliphatic rings. The van der Waals surface area contributed by atoms with Crippen LogP contribution in [-0.4, -0.2) is 37.2 Å². The summed E-state index contributed by atoms with van der Waals surface area (Å²) in [6.07, 6.45) is 2.46. The lowest BCUT2D eigenvalue weighted by Crippen LogP contribution is -2.45. The highest BCUT2D eigenvalue weighted by molar-refractivity contribution is 5.33. The van der Waals surface area contributed by atoms with Crippen LogP contribution in [0.3, 0.4) is 0 Å². The number of nitrogens with one attached hydrogen (secondary N) is 1. The van der Waals surface area contributed by atoms with Gasteiger partial charge in [0.15, 0.2) is 0 Å². The number of benzene rings is 1. The van der Waals surface area contributed by atoms with E-state index in [1.54, 1.807) is 0 Å². The summed E-state index contributed by atoms with van der Waals surface area (Å²) >= 11 is 0. The van der Waals surface area contributed by atoms with Crippen LogP contribution in [0, 0.1) is 0 Å². The van der Waals surface area contributed by atoms with Crippen LogP contribution in [0.4, 0.5) is 0 Å². The molecule has 0 aliphatic carbocycles. The minimum Gasteiger partial charge on any atom is -0.494 e. The fraction of sp³-hybridized carbons (Fsp3) is 0.625. The molecule has 0 amide bonds. The van der Waals surface area contributed by atoms with Crippen molar-refractivity contribution in [2.75, 3.05) is 20.2 Å². The zero-order valence-electron chi connectivity index (χ0n) is 12.4. The van der Waals surface area contributed by atoms with Gasteiger partial charge in [-0.05, 0) is 46.3 Å². The lowest BCUT2D eigenvalue weighted by molar-refractivity contribution is 0.168. The van der Waals surface area contributed by atoms with Crippen molar-refractivity contribution in [3.8, 4) is 5.75 Å². The summed E-state index contributed by atoms with van der Waals surface area (Å²) in [7, 11) is 2.21. The number of para-hydroxylation sites is 1. The summed E-state index contributed by atoms with van der Waals surface area (Å²) < 4.78 is 5.67. The van der Waals surface area contributed by atoms with Crippen molar-refractivity contribution in [2.24, 2.45) is 0 Å². The molecule has 1 fully saturated rings. The van der Waals surface area contributed by atoms with Crippen molar-refractivity contribution in [2.45, 2.75) is 45.3 Å². The Bertz CT molecular complexity index is 394. The van der Waals surface area contributed by atoms with Crippen molar-refractivity contribution in [3.05, 3.63) is 29.8 Å². The topological polar surface area (TPSA) is 24.5 Å². The molecule has 1 heterocycles. The molecule has 2 rings (SSSR count). The fourth-order valence-corrected chi connectivity index (χ4v) is 2.68. The van der Waals surface area contributed by atoms with Crippen LogP contribution < -0.4 is 10.1 Å². The molecule has 0 bridgehead atoms. The second kappa shape index (κ2) is 6.92. The quantitative estimate of drug-likeness (QED) is 0.883. The first-order valence-electron chi connectivity index (χ1n) is 7.35. The Labute approximate surface area is 116 Å². The number of rotatable bonds is 5. The monoisotopic (exact) mass is 262 g/mol. The standard InChI is InChI=1S/C16H26N2O/c1-4-19-16-8-6-5-7-14(16)12-17-15-9-10-18(3)13(2)11-15/h5-8,13,15,17H,4,9-12H2,1-3H3. The number of likely N-dealkylation sites (tertiary alicyclic amines) is 1. The summed E-state index contributed by atoms with van der Waals surface area (Å²) in [4.78, 5) is 2.44.